The summed E-state index contributed by atoms with van der Waals surface area (Å²) in [6.07, 6.45) is 3.54. The van der Waals surface area contributed by atoms with Crippen molar-refractivity contribution in [2.75, 3.05) is 0 Å². The van der Waals surface area contributed by atoms with E-state index >= 15 is 0 Å². The van der Waals surface area contributed by atoms with Crippen molar-refractivity contribution in [2.45, 2.75) is 26.7 Å². The summed E-state index contributed by atoms with van der Waals surface area (Å²) in [6.45, 7) is 4.37. The lowest BCUT2D eigenvalue weighted by atomic mass is 10.0. The van der Waals surface area contributed by atoms with E-state index in [0.717, 1.165) is 23.8 Å². The van der Waals surface area contributed by atoms with E-state index in [1.807, 2.05) is 24.3 Å². The van der Waals surface area contributed by atoms with Crippen molar-refractivity contribution in [3.05, 3.63) is 40.8 Å². The molecule has 1 aromatic rings. The highest BCUT2D eigenvalue weighted by Crippen LogP contribution is 2.11. The van der Waals surface area contributed by atoms with Gasteiger partial charge >= 0.3 is 0 Å². The van der Waals surface area contributed by atoms with Gasteiger partial charge in [0.15, 0.2) is 0 Å². The van der Waals surface area contributed by atoms with Gasteiger partial charge in [-0.25, -0.2) is 0 Å². The monoisotopic (exact) mass is 254 g/mol. The zero-order valence-corrected chi connectivity index (χ0v) is 10.9. The number of benzene rings is 1. The van der Waals surface area contributed by atoms with Crippen LogP contribution in [0.5, 0.6) is 0 Å². The molecule has 0 aliphatic heterocycles. The molecular weight excluding hydrogens is 236 g/mol. The van der Waals surface area contributed by atoms with Gasteiger partial charge in [0.2, 0.25) is 0 Å². The van der Waals surface area contributed by atoms with Crippen LogP contribution in [-0.2, 0) is 16.5 Å². The molecular formula is C13H18O3S. The zero-order chi connectivity index (χ0) is 12.9. The Bertz CT molecular complexity index is 470. The van der Waals surface area contributed by atoms with Crippen LogP contribution in [0, 0.1) is 5.92 Å². The lowest BCUT2D eigenvalue weighted by molar-refractivity contribution is 0.494. The van der Waals surface area contributed by atoms with Gasteiger partial charge in [-0.1, -0.05) is 38.1 Å². The zero-order valence-electron chi connectivity index (χ0n) is 10.1. The second kappa shape index (κ2) is 5.98. The highest BCUT2D eigenvalue weighted by atomic mass is 32.2. The summed E-state index contributed by atoms with van der Waals surface area (Å²) >= 11 is 0. The molecule has 1 N–H and O–H groups in total. The molecule has 0 saturated heterocycles. The number of hydrogen-bond acceptors (Lipinski definition) is 2. The first-order valence-corrected chi connectivity index (χ1v) is 7.11. The Morgan fingerprint density at radius 3 is 2.29 bits per heavy atom. The Morgan fingerprint density at radius 2 is 1.82 bits per heavy atom. The second-order valence-corrected chi connectivity index (χ2v) is 5.79. The lowest BCUT2D eigenvalue weighted by Crippen LogP contribution is -1.92. The maximum absolute atomic E-state index is 10.5. The third kappa shape index (κ3) is 6.24. The Balaban J connectivity index is 2.65. The molecule has 0 radical (unpaired) electrons. The van der Waals surface area contributed by atoms with Crippen molar-refractivity contribution in [1.82, 2.24) is 0 Å². The Hall–Kier alpha value is -1.13. The molecule has 3 nitrogen and oxygen atoms in total. The fourth-order valence-corrected chi connectivity index (χ4v) is 1.74. The summed E-state index contributed by atoms with van der Waals surface area (Å²) in [5.74, 6) is 0.675. The van der Waals surface area contributed by atoms with Crippen molar-refractivity contribution < 1.29 is 13.0 Å². The Kier molecular flexibility index (Phi) is 4.90. The van der Waals surface area contributed by atoms with Gasteiger partial charge in [0.05, 0.1) is 5.41 Å². The fraction of sp³-hybridized carbons (Fsp3) is 0.385. The summed E-state index contributed by atoms with van der Waals surface area (Å²) in [4.78, 5) is 0. The minimum atomic E-state index is -4.03. The highest BCUT2D eigenvalue weighted by Gasteiger charge is 1.98. The predicted octanol–water partition coefficient (Wildman–Crippen LogP) is 3.13. The summed E-state index contributed by atoms with van der Waals surface area (Å²) < 4.78 is 29.6. The van der Waals surface area contributed by atoms with E-state index in [1.54, 1.807) is 0 Å². The normalized spacial score (nSPS) is 12.5. The molecule has 0 saturated carbocycles. The number of hydrogen-bond donors (Lipinski definition) is 1. The topological polar surface area (TPSA) is 54.4 Å². The molecule has 94 valence electrons. The molecule has 4 heteroatoms. The minimum absolute atomic E-state index is 0.675. The van der Waals surface area contributed by atoms with Crippen LogP contribution in [0.2, 0.25) is 0 Å². The summed E-state index contributed by atoms with van der Waals surface area (Å²) in [5.41, 5.74) is 2.00. The highest BCUT2D eigenvalue weighted by molar-refractivity contribution is 7.88. The van der Waals surface area contributed by atoms with Crippen LogP contribution in [0.25, 0.3) is 6.08 Å². The van der Waals surface area contributed by atoms with Crippen LogP contribution < -0.4 is 0 Å². The smallest absolute Gasteiger partial charge is 0.282 e. The third-order valence-corrected chi connectivity index (χ3v) is 2.90. The van der Waals surface area contributed by atoms with E-state index in [4.69, 9.17) is 4.55 Å². The van der Waals surface area contributed by atoms with Crippen LogP contribution in [0.4, 0.5) is 0 Å². The van der Waals surface area contributed by atoms with Crippen LogP contribution in [-0.4, -0.2) is 13.0 Å². The molecule has 0 spiro atoms. The number of rotatable bonds is 5. The second-order valence-electron chi connectivity index (χ2n) is 4.49. The summed E-state index contributed by atoms with van der Waals surface area (Å²) in [6, 6.07) is 7.65. The molecule has 0 heterocycles. The standard InChI is InChI=1S/C13H18O3S/c1-11(2)3-4-12-5-7-13(8-6-12)9-10-17(14,15)16/h5-11H,3-4H2,1-2H3,(H,14,15,16). The van der Waals surface area contributed by atoms with Crippen LogP contribution in [0.15, 0.2) is 29.7 Å². The van der Waals surface area contributed by atoms with E-state index in [-0.39, 0.29) is 0 Å². The third-order valence-electron chi connectivity index (χ3n) is 2.42. The van der Waals surface area contributed by atoms with Crippen molar-refractivity contribution in [3.63, 3.8) is 0 Å². The van der Waals surface area contributed by atoms with Crippen molar-refractivity contribution in [1.29, 1.82) is 0 Å². The van der Waals surface area contributed by atoms with Crippen molar-refractivity contribution in [2.24, 2.45) is 5.92 Å². The number of aryl methyl sites for hydroxylation is 1. The van der Waals surface area contributed by atoms with Gasteiger partial charge < -0.3 is 0 Å². The molecule has 0 bridgehead atoms. The average molecular weight is 254 g/mol. The molecule has 0 aliphatic rings. The Morgan fingerprint density at radius 1 is 1.24 bits per heavy atom. The van der Waals surface area contributed by atoms with Crippen molar-refractivity contribution >= 4 is 16.2 Å². The van der Waals surface area contributed by atoms with E-state index < -0.39 is 10.1 Å². The summed E-state index contributed by atoms with van der Waals surface area (Å²) in [5, 5.41) is 0.788. The molecule has 0 aliphatic carbocycles. The van der Waals surface area contributed by atoms with E-state index in [1.165, 1.54) is 11.6 Å². The summed E-state index contributed by atoms with van der Waals surface area (Å²) in [7, 11) is -4.03. The molecule has 0 atom stereocenters. The maximum Gasteiger partial charge on any atom is 0.287 e. The minimum Gasteiger partial charge on any atom is -0.282 e. The molecule has 0 unspecified atom stereocenters. The molecule has 1 rings (SSSR count). The predicted molar refractivity (Wildman–Crippen MR) is 70.2 cm³/mol. The van der Waals surface area contributed by atoms with Gasteiger partial charge in [-0.2, -0.15) is 8.42 Å². The van der Waals surface area contributed by atoms with Gasteiger partial charge in [0.25, 0.3) is 10.1 Å². The molecule has 0 aromatic heterocycles. The van der Waals surface area contributed by atoms with Gasteiger partial charge in [0.1, 0.15) is 0 Å². The van der Waals surface area contributed by atoms with Gasteiger partial charge in [-0.3, -0.25) is 4.55 Å². The molecule has 1 aromatic carbocycles. The quantitative estimate of drug-likeness (QED) is 0.821. The molecule has 17 heavy (non-hydrogen) atoms. The van der Waals surface area contributed by atoms with Gasteiger partial charge in [-0.15, -0.1) is 0 Å². The fourth-order valence-electron chi connectivity index (χ4n) is 1.42. The van der Waals surface area contributed by atoms with Gasteiger partial charge in [-0.05, 0) is 36.0 Å². The first-order valence-electron chi connectivity index (χ1n) is 5.61. The Labute approximate surface area is 103 Å². The van der Waals surface area contributed by atoms with E-state index in [9.17, 15) is 8.42 Å². The average Bonchev–Trinajstić information content (AvgIpc) is 2.24. The van der Waals surface area contributed by atoms with E-state index in [2.05, 4.69) is 13.8 Å². The molecule has 0 fully saturated rings. The lowest BCUT2D eigenvalue weighted by Gasteiger charge is -2.04. The van der Waals surface area contributed by atoms with Crippen molar-refractivity contribution in [3.8, 4) is 0 Å². The molecule has 0 amide bonds. The van der Waals surface area contributed by atoms with Crippen LogP contribution in [0.3, 0.4) is 0 Å². The first kappa shape index (κ1) is 13.9. The SMILES string of the molecule is CC(C)CCc1ccc(C=CS(=O)(=O)O)cc1. The van der Waals surface area contributed by atoms with Gasteiger partial charge in [0, 0.05) is 0 Å². The first-order chi connectivity index (χ1) is 7.87. The van der Waals surface area contributed by atoms with Crippen LogP contribution >= 0.6 is 0 Å². The largest absolute Gasteiger partial charge is 0.287 e. The maximum atomic E-state index is 10.5. The van der Waals surface area contributed by atoms with E-state index in [0.29, 0.717) is 5.92 Å². The van der Waals surface area contributed by atoms with Crippen LogP contribution in [0.1, 0.15) is 31.4 Å².